The average molecular weight is 365 g/mol. The molecular weight excluding hydrogens is 342 g/mol. The Hall–Kier alpha value is -2.82. The minimum Gasteiger partial charge on any atom is -0.507 e. The number of benzene rings is 1. The Balaban J connectivity index is 1.86. The molecule has 1 aliphatic heterocycles. The van der Waals surface area contributed by atoms with Crippen LogP contribution in [0.3, 0.4) is 0 Å². The van der Waals surface area contributed by atoms with Crippen LogP contribution >= 0.6 is 0 Å². The number of hydrogen-bond acceptors (Lipinski definition) is 4. The summed E-state index contributed by atoms with van der Waals surface area (Å²) in [5, 5.41) is 10.9. The monoisotopic (exact) mass is 365 g/mol. The van der Waals surface area contributed by atoms with E-state index in [1.165, 1.54) is 0 Å². The highest BCUT2D eigenvalue weighted by molar-refractivity contribution is 6.46. The van der Waals surface area contributed by atoms with E-state index >= 15 is 0 Å². The van der Waals surface area contributed by atoms with Gasteiger partial charge in [-0.05, 0) is 31.9 Å². The van der Waals surface area contributed by atoms with Gasteiger partial charge in [-0.1, -0.05) is 49.6 Å². The van der Waals surface area contributed by atoms with Gasteiger partial charge in [0.1, 0.15) is 23.3 Å². The van der Waals surface area contributed by atoms with Crippen molar-refractivity contribution < 1.29 is 19.1 Å². The van der Waals surface area contributed by atoms with E-state index in [2.05, 4.69) is 0 Å². The van der Waals surface area contributed by atoms with E-state index in [0.29, 0.717) is 17.1 Å². The molecule has 0 bridgehead atoms. The molecule has 2 heterocycles. The summed E-state index contributed by atoms with van der Waals surface area (Å²) in [6, 6.07) is 11.8. The number of aliphatic hydroxyl groups is 1. The zero-order chi connectivity index (χ0) is 19.0. The first-order chi connectivity index (χ1) is 13.1. The molecule has 2 aliphatic rings. The topological polar surface area (TPSA) is 70.8 Å². The van der Waals surface area contributed by atoms with Crippen LogP contribution < -0.4 is 0 Å². The molecule has 1 aromatic heterocycles. The van der Waals surface area contributed by atoms with Gasteiger partial charge in [0.2, 0.25) is 0 Å². The van der Waals surface area contributed by atoms with Crippen LogP contribution in [-0.4, -0.2) is 27.7 Å². The molecule has 0 radical (unpaired) electrons. The van der Waals surface area contributed by atoms with Crippen molar-refractivity contribution in [1.82, 2.24) is 4.90 Å². The highest BCUT2D eigenvalue weighted by atomic mass is 16.3. The molecule has 2 aromatic rings. The van der Waals surface area contributed by atoms with Gasteiger partial charge in [0.25, 0.3) is 11.7 Å². The third kappa shape index (κ3) is 3.07. The van der Waals surface area contributed by atoms with Gasteiger partial charge in [-0.15, -0.1) is 0 Å². The highest BCUT2D eigenvalue weighted by Crippen LogP contribution is 2.43. The molecule has 1 saturated carbocycles. The number of rotatable bonds is 3. The van der Waals surface area contributed by atoms with E-state index in [1.54, 1.807) is 35.2 Å². The lowest BCUT2D eigenvalue weighted by molar-refractivity contribution is -0.142. The van der Waals surface area contributed by atoms with Crippen molar-refractivity contribution in [2.24, 2.45) is 0 Å². The predicted octanol–water partition coefficient (Wildman–Crippen LogP) is 4.34. The maximum absolute atomic E-state index is 12.9. The van der Waals surface area contributed by atoms with Crippen molar-refractivity contribution in [3.05, 3.63) is 65.1 Å². The van der Waals surface area contributed by atoms with Gasteiger partial charge in [0.05, 0.1) is 5.57 Å². The van der Waals surface area contributed by atoms with Crippen molar-refractivity contribution in [2.75, 3.05) is 0 Å². The second-order valence-corrected chi connectivity index (χ2v) is 7.31. The van der Waals surface area contributed by atoms with Crippen LogP contribution in [0.4, 0.5) is 0 Å². The zero-order valence-corrected chi connectivity index (χ0v) is 15.4. The van der Waals surface area contributed by atoms with Crippen molar-refractivity contribution in [3.63, 3.8) is 0 Å². The molecule has 1 unspecified atom stereocenters. The molecule has 5 nitrogen and oxygen atoms in total. The summed E-state index contributed by atoms with van der Waals surface area (Å²) in [5.41, 5.74) is 0.638. The molecule has 1 amide bonds. The number of nitrogens with zero attached hydrogens (tertiary/aromatic N) is 1. The lowest BCUT2D eigenvalue weighted by Crippen LogP contribution is -2.40. The molecule has 1 aromatic carbocycles. The van der Waals surface area contributed by atoms with E-state index in [0.717, 1.165) is 32.1 Å². The van der Waals surface area contributed by atoms with E-state index < -0.39 is 17.7 Å². The second kappa shape index (κ2) is 7.06. The summed E-state index contributed by atoms with van der Waals surface area (Å²) in [6.07, 6.45) is 4.96. The number of furan rings is 1. The molecule has 1 N–H and O–H groups in total. The number of likely N-dealkylation sites (tertiary alicyclic amines) is 1. The Labute approximate surface area is 158 Å². The minimum absolute atomic E-state index is 0.00770. The van der Waals surface area contributed by atoms with Crippen molar-refractivity contribution in [1.29, 1.82) is 0 Å². The Bertz CT molecular complexity index is 890. The normalized spacial score (nSPS) is 23.1. The smallest absolute Gasteiger partial charge is 0.296 e. The molecule has 140 valence electrons. The molecule has 4 rings (SSSR count). The number of Topliss-reactive ketones (excluding diaryl/α,β-unsaturated/α-hetero) is 1. The first-order valence-electron chi connectivity index (χ1n) is 9.50. The van der Waals surface area contributed by atoms with Crippen LogP contribution in [0.5, 0.6) is 0 Å². The average Bonchev–Trinajstić information content (AvgIpc) is 3.24. The van der Waals surface area contributed by atoms with Crippen molar-refractivity contribution in [3.8, 4) is 0 Å². The van der Waals surface area contributed by atoms with E-state index in [1.807, 2.05) is 19.1 Å². The SMILES string of the molecule is Cc1ccc(C2/C(=C(/O)c3ccccc3)C(=O)C(=O)N2C2CCCCC2)o1. The third-order valence-electron chi connectivity index (χ3n) is 5.53. The molecular formula is C22H23NO4. The summed E-state index contributed by atoms with van der Waals surface area (Å²) in [7, 11) is 0. The number of aliphatic hydroxyl groups excluding tert-OH is 1. The molecule has 2 fully saturated rings. The van der Waals surface area contributed by atoms with Gasteiger partial charge in [0.15, 0.2) is 0 Å². The molecule has 1 atom stereocenters. The van der Waals surface area contributed by atoms with Gasteiger partial charge >= 0.3 is 0 Å². The van der Waals surface area contributed by atoms with Crippen LogP contribution in [-0.2, 0) is 9.59 Å². The number of ketones is 1. The van der Waals surface area contributed by atoms with Crippen LogP contribution in [0.25, 0.3) is 5.76 Å². The number of amides is 1. The molecule has 0 spiro atoms. The Morgan fingerprint density at radius 1 is 1.04 bits per heavy atom. The van der Waals surface area contributed by atoms with Crippen LogP contribution in [0.15, 0.2) is 52.5 Å². The Kier molecular flexibility index (Phi) is 4.60. The maximum atomic E-state index is 12.9. The number of carbonyl (C=O) groups excluding carboxylic acids is 2. The summed E-state index contributed by atoms with van der Waals surface area (Å²) < 4.78 is 5.81. The number of carbonyl (C=O) groups is 2. The van der Waals surface area contributed by atoms with Crippen LogP contribution in [0.1, 0.15) is 55.2 Å². The summed E-state index contributed by atoms with van der Waals surface area (Å²) in [5.74, 6) is -0.0978. The molecule has 1 aliphatic carbocycles. The largest absolute Gasteiger partial charge is 0.507 e. The van der Waals surface area contributed by atoms with Gasteiger partial charge in [-0.2, -0.15) is 0 Å². The fourth-order valence-electron chi connectivity index (χ4n) is 4.22. The number of hydrogen-bond donors (Lipinski definition) is 1. The predicted molar refractivity (Wildman–Crippen MR) is 101 cm³/mol. The summed E-state index contributed by atoms with van der Waals surface area (Å²) in [4.78, 5) is 27.5. The van der Waals surface area contributed by atoms with E-state index in [-0.39, 0.29) is 17.4 Å². The fourth-order valence-corrected chi connectivity index (χ4v) is 4.22. The molecule has 1 saturated heterocycles. The summed E-state index contributed by atoms with van der Waals surface area (Å²) in [6.45, 7) is 1.83. The van der Waals surface area contributed by atoms with E-state index in [4.69, 9.17) is 4.42 Å². The number of aryl methyl sites for hydroxylation is 1. The molecule has 5 heteroatoms. The lowest BCUT2D eigenvalue weighted by atomic mass is 9.92. The van der Waals surface area contributed by atoms with Gasteiger partial charge in [-0.3, -0.25) is 9.59 Å². The summed E-state index contributed by atoms with van der Waals surface area (Å²) >= 11 is 0. The first kappa shape index (κ1) is 17.6. The van der Waals surface area contributed by atoms with Crippen LogP contribution in [0, 0.1) is 6.92 Å². The first-order valence-corrected chi connectivity index (χ1v) is 9.50. The molecule has 27 heavy (non-hydrogen) atoms. The van der Waals surface area contributed by atoms with Gasteiger partial charge < -0.3 is 14.4 Å². The Morgan fingerprint density at radius 3 is 2.37 bits per heavy atom. The zero-order valence-electron chi connectivity index (χ0n) is 15.4. The third-order valence-corrected chi connectivity index (χ3v) is 5.53. The minimum atomic E-state index is -0.679. The van der Waals surface area contributed by atoms with Gasteiger partial charge in [0, 0.05) is 11.6 Å². The van der Waals surface area contributed by atoms with Crippen molar-refractivity contribution in [2.45, 2.75) is 51.1 Å². The standard InChI is InChI=1S/C22H23NO4/c1-14-12-13-17(27-14)19-18(20(24)15-8-4-2-5-9-15)21(25)22(26)23(19)16-10-6-3-7-11-16/h2,4-5,8-9,12-13,16,19,24H,3,6-7,10-11H2,1H3/b20-18-. The van der Waals surface area contributed by atoms with Gasteiger partial charge in [-0.25, -0.2) is 0 Å². The van der Waals surface area contributed by atoms with E-state index in [9.17, 15) is 14.7 Å². The second-order valence-electron chi connectivity index (χ2n) is 7.31. The van der Waals surface area contributed by atoms with Crippen LogP contribution in [0.2, 0.25) is 0 Å². The quantitative estimate of drug-likeness (QED) is 0.499. The maximum Gasteiger partial charge on any atom is 0.296 e. The lowest BCUT2D eigenvalue weighted by Gasteiger charge is -2.34. The fraction of sp³-hybridized carbons (Fsp3) is 0.364. The highest BCUT2D eigenvalue weighted by Gasteiger charge is 2.50. The Morgan fingerprint density at radius 2 is 1.74 bits per heavy atom. The van der Waals surface area contributed by atoms with Crippen molar-refractivity contribution >= 4 is 17.4 Å².